The molecule has 1 aliphatic heterocycles. The minimum atomic E-state index is -0.190. The summed E-state index contributed by atoms with van der Waals surface area (Å²) in [6.45, 7) is 4.21. The molecule has 1 amide bonds. The summed E-state index contributed by atoms with van der Waals surface area (Å²) in [6.07, 6.45) is 2.30. The van der Waals surface area contributed by atoms with Gasteiger partial charge in [-0.2, -0.15) is 0 Å². The highest BCUT2D eigenvalue weighted by Crippen LogP contribution is 2.26. The molecule has 1 fully saturated rings. The quantitative estimate of drug-likeness (QED) is 0.351. The molecule has 27 heavy (non-hydrogen) atoms. The van der Waals surface area contributed by atoms with Crippen molar-refractivity contribution in [2.45, 2.75) is 37.6 Å². The molecule has 0 aliphatic carbocycles. The zero-order valence-electron chi connectivity index (χ0n) is 14.9. The highest BCUT2D eigenvalue weighted by atomic mass is 32.2. The third-order valence-corrected chi connectivity index (χ3v) is 6.02. The first-order chi connectivity index (χ1) is 13.2. The standard InChI is InChI=1S/C16H22N6O2S3/c1-2-22-14(12-6-4-8-26-12)19-21-16(22)27-10-13(23)18-20-15(25)17-9-11-5-3-7-24-11/h4,6,8,11H,2-3,5,7,9-10H2,1H3,(H,18,23)(H2,17,20,25)/t11-/m0/s1. The van der Waals surface area contributed by atoms with E-state index >= 15 is 0 Å². The number of thioether (sulfide) groups is 1. The lowest BCUT2D eigenvalue weighted by molar-refractivity contribution is -0.119. The van der Waals surface area contributed by atoms with Gasteiger partial charge in [-0.05, 0) is 43.4 Å². The number of thiophene rings is 1. The fourth-order valence-corrected chi connectivity index (χ4v) is 4.27. The third-order valence-electron chi connectivity index (χ3n) is 3.94. The van der Waals surface area contributed by atoms with Crippen LogP contribution in [0.5, 0.6) is 0 Å². The molecule has 3 N–H and O–H groups in total. The number of carbonyl (C=O) groups excluding carboxylic acids is 1. The maximum absolute atomic E-state index is 12.1. The summed E-state index contributed by atoms with van der Waals surface area (Å²) in [7, 11) is 0. The Morgan fingerprint density at radius 3 is 3.07 bits per heavy atom. The molecule has 2 aromatic heterocycles. The van der Waals surface area contributed by atoms with E-state index in [1.165, 1.54) is 11.8 Å². The number of hydrazine groups is 1. The summed E-state index contributed by atoms with van der Waals surface area (Å²) in [5, 5.41) is 14.6. The van der Waals surface area contributed by atoms with Gasteiger partial charge < -0.3 is 14.6 Å². The van der Waals surface area contributed by atoms with Gasteiger partial charge >= 0.3 is 0 Å². The van der Waals surface area contributed by atoms with Crippen molar-refractivity contribution in [3.05, 3.63) is 17.5 Å². The van der Waals surface area contributed by atoms with Crippen molar-refractivity contribution in [1.82, 2.24) is 30.9 Å². The predicted molar refractivity (Wildman–Crippen MR) is 111 cm³/mol. The number of rotatable bonds is 7. The Labute approximate surface area is 171 Å². The van der Waals surface area contributed by atoms with Crippen LogP contribution >= 0.6 is 35.3 Å². The van der Waals surface area contributed by atoms with E-state index in [0.717, 1.165) is 41.9 Å². The van der Waals surface area contributed by atoms with Crippen molar-refractivity contribution in [2.24, 2.45) is 0 Å². The van der Waals surface area contributed by atoms with Crippen molar-refractivity contribution >= 4 is 46.3 Å². The molecular weight excluding hydrogens is 404 g/mol. The lowest BCUT2D eigenvalue weighted by atomic mass is 10.2. The van der Waals surface area contributed by atoms with Gasteiger partial charge in [-0.1, -0.05) is 17.8 Å². The first-order valence-electron chi connectivity index (χ1n) is 8.71. The summed E-state index contributed by atoms with van der Waals surface area (Å²) >= 11 is 8.11. The SMILES string of the molecule is CCn1c(SCC(=O)NNC(=S)NC[C@@H]2CCCO2)nnc1-c1cccs1. The van der Waals surface area contributed by atoms with Crippen molar-refractivity contribution < 1.29 is 9.53 Å². The first kappa shape index (κ1) is 20.1. The van der Waals surface area contributed by atoms with Crippen molar-refractivity contribution in [3.8, 4) is 10.7 Å². The Morgan fingerprint density at radius 2 is 2.37 bits per heavy atom. The van der Waals surface area contributed by atoms with Gasteiger partial charge in [-0.3, -0.25) is 15.6 Å². The number of hydrogen-bond donors (Lipinski definition) is 3. The van der Waals surface area contributed by atoms with Gasteiger partial charge in [0.05, 0.1) is 16.7 Å². The van der Waals surface area contributed by atoms with Crippen LogP contribution in [0.15, 0.2) is 22.7 Å². The molecule has 1 atom stereocenters. The van der Waals surface area contributed by atoms with Crippen LogP contribution in [0.25, 0.3) is 10.7 Å². The van der Waals surface area contributed by atoms with Gasteiger partial charge in [0.2, 0.25) is 5.91 Å². The van der Waals surface area contributed by atoms with Crippen molar-refractivity contribution in [2.75, 3.05) is 18.9 Å². The summed E-state index contributed by atoms with van der Waals surface area (Å²) in [6, 6.07) is 3.99. The highest BCUT2D eigenvalue weighted by molar-refractivity contribution is 7.99. The zero-order chi connectivity index (χ0) is 19.1. The van der Waals surface area contributed by atoms with E-state index < -0.39 is 0 Å². The molecule has 3 rings (SSSR count). The molecule has 0 saturated carbocycles. The summed E-state index contributed by atoms with van der Waals surface area (Å²) < 4.78 is 7.52. The second kappa shape index (κ2) is 10.0. The molecule has 1 saturated heterocycles. The van der Waals surface area contributed by atoms with Gasteiger partial charge in [0, 0.05) is 19.7 Å². The number of nitrogens with one attached hydrogen (secondary N) is 3. The lowest BCUT2D eigenvalue weighted by Crippen LogP contribution is -2.48. The van der Waals surface area contributed by atoms with Crippen molar-refractivity contribution in [3.63, 3.8) is 0 Å². The van der Waals surface area contributed by atoms with Crippen LogP contribution in [0.2, 0.25) is 0 Å². The highest BCUT2D eigenvalue weighted by Gasteiger charge is 2.16. The summed E-state index contributed by atoms with van der Waals surface area (Å²) in [5.74, 6) is 0.849. The van der Waals surface area contributed by atoms with E-state index in [1.54, 1.807) is 11.3 Å². The molecule has 3 heterocycles. The molecule has 0 aromatic carbocycles. The number of amides is 1. The Kier molecular flexibility index (Phi) is 7.44. The van der Waals surface area contributed by atoms with Gasteiger partial charge in [-0.15, -0.1) is 21.5 Å². The van der Waals surface area contributed by atoms with Crippen LogP contribution in [0, 0.1) is 0 Å². The summed E-state index contributed by atoms with van der Waals surface area (Å²) in [4.78, 5) is 13.1. The van der Waals surface area contributed by atoms with Crippen LogP contribution in [0.3, 0.4) is 0 Å². The van der Waals surface area contributed by atoms with Crippen LogP contribution in [-0.4, -0.2) is 50.8 Å². The first-order valence-corrected chi connectivity index (χ1v) is 11.0. The number of thiocarbonyl (C=S) groups is 1. The van der Waals surface area contributed by atoms with Gasteiger partial charge in [0.15, 0.2) is 16.1 Å². The normalized spacial score (nSPS) is 16.3. The number of ether oxygens (including phenoxy) is 1. The van der Waals surface area contributed by atoms with E-state index in [0.29, 0.717) is 11.7 Å². The Hall–Kier alpha value is -1.69. The Balaban J connectivity index is 1.42. The Morgan fingerprint density at radius 1 is 1.48 bits per heavy atom. The Bertz CT molecular complexity index is 758. The van der Waals surface area contributed by atoms with E-state index in [-0.39, 0.29) is 17.8 Å². The second-order valence-corrected chi connectivity index (χ2v) is 8.13. The van der Waals surface area contributed by atoms with E-state index in [2.05, 4.69) is 26.4 Å². The van der Waals surface area contributed by atoms with Crippen molar-refractivity contribution in [1.29, 1.82) is 0 Å². The van der Waals surface area contributed by atoms with Gasteiger partial charge in [0.25, 0.3) is 0 Å². The zero-order valence-corrected chi connectivity index (χ0v) is 17.4. The average Bonchev–Trinajstić information content (AvgIpc) is 3.43. The lowest BCUT2D eigenvalue weighted by Gasteiger charge is -2.14. The molecule has 0 unspecified atom stereocenters. The fraction of sp³-hybridized carbons (Fsp3) is 0.500. The van der Waals surface area contributed by atoms with E-state index in [9.17, 15) is 4.79 Å². The fourth-order valence-electron chi connectivity index (χ4n) is 2.62. The number of carbonyl (C=O) groups is 1. The van der Waals surface area contributed by atoms with Gasteiger partial charge in [-0.25, -0.2) is 0 Å². The molecule has 0 bridgehead atoms. The second-order valence-electron chi connectivity index (χ2n) is 5.83. The minimum absolute atomic E-state index is 0.189. The smallest absolute Gasteiger partial charge is 0.248 e. The average molecular weight is 427 g/mol. The number of hydrogen-bond acceptors (Lipinski definition) is 7. The molecule has 8 nitrogen and oxygen atoms in total. The minimum Gasteiger partial charge on any atom is -0.376 e. The number of aromatic nitrogens is 3. The third kappa shape index (κ3) is 5.64. The van der Waals surface area contributed by atoms with Crippen LogP contribution in [0.1, 0.15) is 19.8 Å². The van der Waals surface area contributed by atoms with E-state index in [1.807, 2.05) is 29.0 Å². The predicted octanol–water partition coefficient (Wildman–Crippen LogP) is 1.79. The molecular formula is C16H22N6O2S3. The van der Waals surface area contributed by atoms with Gasteiger partial charge in [0.1, 0.15) is 0 Å². The van der Waals surface area contributed by atoms with Crippen LogP contribution in [0.4, 0.5) is 0 Å². The molecule has 11 heteroatoms. The molecule has 146 valence electrons. The monoisotopic (exact) mass is 426 g/mol. The van der Waals surface area contributed by atoms with E-state index in [4.69, 9.17) is 17.0 Å². The number of nitrogens with zero attached hydrogens (tertiary/aromatic N) is 3. The van der Waals surface area contributed by atoms with Crippen LogP contribution < -0.4 is 16.2 Å². The molecule has 0 spiro atoms. The molecule has 1 aliphatic rings. The summed E-state index contributed by atoms with van der Waals surface area (Å²) in [5.41, 5.74) is 5.30. The van der Waals surface area contributed by atoms with Crippen LogP contribution in [-0.2, 0) is 16.1 Å². The topological polar surface area (TPSA) is 93.1 Å². The maximum Gasteiger partial charge on any atom is 0.248 e. The maximum atomic E-state index is 12.1. The molecule has 2 aromatic rings. The molecule has 0 radical (unpaired) electrons. The largest absolute Gasteiger partial charge is 0.376 e.